The van der Waals surface area contributed by atoms with Crippen LogP contribution < -0.4 is 0 Å². The number of rotatable bonds is 2. The van der Waals surface area contributed by atoms with Crippen LogP contribution in [0.4, 0.5) is 0 Å². The highest BCUT2D eigenvalue weighted by atomic mass is 35.5. The highest BCUT2D eigenvalue weighted by Crippen LogP contribution is 2.12. The Kier molecular flexibility index (Phi) is 2.60. The van der Waals surface area contributed by atoms with Gasteiger partial charge in [-0.2, -0.15) is 5.10 Å². The van der Waals surface area contributed by atoms with Crippen molar-refractivity contribution in [1.29, 1.82) is 0 Å². The van der Waals surface area contributed by atoms with Gasteiger partial charge >= 0.3 is 5.97 Å². The summed E-state index contributed by atoms with van der Waals surface area (Å²) in [4.78, 5) is 11.4. The standard InChI is InChI=1S/C10H9ClN2O2/c1-2-15-10(14)9-5-8-4-3-7(11)6-13(8)12-9/h3-6H,2H2,1H3. The fourth-order valence-electron chi connectivity index (χ4n) is 1.27. The number of pyridine rings is 1. The second-order valence-corrected chi connectivity index (χ2v) is 3.40. The third-order valence-electron chi connectivity index (χ3n) is 1.91. The SMILES string of the molecule is CCOC(=O)c1cc2ccc(Cl)cn2n1. The molecule has 0 bridgehead atoms. The molecule has 0 spiro atoms. The Morgan fingerprint density at radius 1 is 1.60 bits per heavy atom. The lowest BCUT2D eigenvalue weighted by Crippen LogP contribution is -2.05. The van der Waals surface area contributed by atoms with Crippen molar-refractivity contribution in [2.45, 2.75) is 6.92 Å². The average Bonchev–Trinajstić information content (AvgIpc) is 2.60. The van der Waals surface area contributed by atoms with E-state index in [1.165, 1.54) is 0 Å². The molecule has 0 N–H and O–H groups in total. The zero-order valence-electron chi connectivity index (χ0n) is 8.11. The first-order valence-corrected chi connectivity index (χ1v) is 4.90. The summed E-state index contributed by atoms with van der Waals surface area (Å²) in [5.41, 5.74) is 1.10. The molecule has 2 rings (SSSR count). The first-order chi connectivity index (χ1) is 7.20. The minimum atomic E-state index is -0.419. The maximum Gasteiger partial charge on any atom is 0.358 e. The zero-order chi connectivity index (χ0) is 10.8. The molecule has 0 atom stereocenters. The monoisotopic (exact) mass is 224 g/mol. The van der Waals surface area contributed by atoms with Crippen molar-refractivity contribution >= 4 is 23.1 Å². The molecule has 0 aliphatic heterocycles. The van der Waals surface area contributed by atoms with Gasteiger partial charge in [-0.05, 0) is 25.1 Å². The van der Waals surface area contributed by atoms with Gasteiger partial charge in [0.15, 0.2) is 5.69 Å². The van der Waals surface area contributed by atoms with Crippen LogP contribution in [0.1, 0.15) is 17.4 Å². The summed E-state index contributed by atoms with van der Waals surface area (Å²) in [5, 5.41) is 4.62. The molecule has 0 amide bonds. The normalized spacial score (nSPS) is 10.5. The minimum absolute atomic E-state index is 0.291. The largest absolute Gasteiger partial charge is 0.461 e. The molecule has 78 valence electrons. The van der Waals surface area contributed by atoms with Crippen LogP contribution in [0, 0.1) is 0 Å². The summed E-state index contributed by atoms with van der Waals surface area (Å²) >= 11 is 5.79. The zero-order valence-corrected chi connectivity index (χ0v) is 8.86. The van der Waals surface area contributed by atoms with Crippen molar-refractivity contribution in [2.24, 2.45) is 0 Å². The van der Waals surface area contributed by atoms with Crippen LogP contribution in [-0.4, -0.2) is 22.2 Å². The summed E-state index contributed by atoms with van der Waals surface area (Å²) in [5.74, 6) is -0.419. The first-order valence-electron chi connectivity index (χ1n) is 4.53. The predicted molar refractivity (Wildman–Crippen MR) is 56.2 cm³/mol. The third kappa shape index (κ3) is 1.94. The van der Waals surface area contributed by atoms with E-state index in [9.17, 15) is 4.79 Å². The minimum Gasteiger partial charge on any atom is -0.461 e. The molecule has 0 saturated carbocycles. The van der Waals surface area contributed by atoms with Gasteiger partial charge in [0.1, 0.15) is 0 Å². The number of nitrogens with zero attached hydrogens (tertiary/aromatic N) is 2. The van der Waals surface area contributed by atoms with Gasteiger partial charge < -0.3 is 4.74 Å². The van der Waals surface area contributed by atoms with E-state index in [0.29, 0.717) is 17.3 Å². The Hall–Kier alpha value is -1.55. The molecule has 2 heterocycles. The third-order valence-corrected chi connectivity index (χ3v) is 2.13. The fraction of sp³-hybridized carbons (Fsp3) is 0.200. The fourth-order valence-corrected chi connectivity index (χ4v) is 1.42. The molecule has 0 unspecified atom stereocenters. The van der Waals surface area contributed by atoms with E-state index in [1.54, 1.807) is 35.8 Å². The maximum absolute atomic E-state index is 11.4. The lowest BCUT2D eigenvalue weighted by Gasteiger charge is -1.95. The lowest BCUT2D eigenvalue weighted by molar-refractivity contribution is 0.0519. The van der Waals surface area contributed by atoms with Crippen molar-refractivity contribution in [1.82, 2.24) is 9.61 Å². The van der Waals surface area contributed by atoms with Gasteiger partial charge in [-0.15, -0.1) is 0 Å². The summed E-state index contributed by atoms with van der Waals surface area (Å²) in [6.07, 6.45) is 1.64. The number of ether oxygens (including phenoxy) is 1. The molecule has 15 heavy (non-hydrogen) atoms. The van der Waals surface area contributed by atoms with Crippen molar-refractivity contribution in [2.75, 3.05) is 6.61 Å². The highest BCUT2D eigenvalue weighted by molar-refractivity contribution is 6.30. The molecular formula is C10H9ClN2O2. The van der Waals surface area contributed by atoms with E-state index >= 15 is 0 Å². The van der Waals surface area contributed by atoms with Crippen LogP contribution in [0.5, 0.6) is 0 Å². The predicted octanol–water partition coefficient (Wildman–Crippen LogP) is 2.16. The Balaban J connectivity index is 2.42. The van der Waals surface area contributed by atoms with Crippen LogP contribution in [0.25, 0.3) is 5.52 Å². The number of carbonyl (C=O) groups excluding carboxylic acids is 1. The quantitative estimate of drug-likeness (QED) is 0.735. The van der Waals surface area contributed by atoms with Crippen molar-refractivity contribution in [3.05, 3.63) is 35.1 Å². The Labute approximate surface area is 91.4 Å². The van der Waals surface area contributed by atoms with Gasteiger partial charge in [-0.25, -0.2) is 9.31 Å². The van der Waals surface area contributed by atoms with E-state index < -0.39 is 5.97 Å². The number of fused-ring (bicyclic) bond motifs is 1. The molecular weight excluding hydrogens is 216 g/mol. The van der Waals surface area contributed by atoms with E-state index in [0.717, 1.165) is 5.52 Å². The average molecular weight is 225 g/mol. The number of esters is 1. The molecule has 0 aliphatic rings. The first kappa shape index (κ1) is 9.98. The van der Waals surface area contributed by atoms with Gasteiger partial charge in [0.05, 0.1) is 17.1 Å². The molecule has 2 aromatic heterocycles. The molecule has 0 fully saturated rings. The van der Waals surface area contributed by atoms with E-state index in [-0.39, 0.29) is 0 Å². The molecule has 0 radical (unpaired) electrons. The van der Waals surface area contributed by atoms with Crippen molar-refractivity contribution in [3.63, 3.8) is 0 Å². The Morgan fingerprint density at radius 2 is 2.40 bits per heavy atom. The van der Waals surface area contributed by atoms with Crippen LogP contribution >= 0.6 is 11.6 Å². The van der Waals surface area contributed by atoms with Crippen LogP contribution in [0.2, 0.25) is 5.02 Å². The topological polar surface area (TPSA) is 43.6 Å². The van der Waals surface area contributed by atoms with Crippen LogP contribution in [-0.2, 0) is 4.74 Å². The Morgan fingerprint density at radius 3 is 3.13 bits per heavy atom. The van der Waals surface area contributed by atoms with E-state index in [4.69, 9.17) is 16.3 Å². The molecule has 0 saturated heterocycles. The molecule has 2 aromatic rings. The molecule has 4 nitrogen and oxygen atoms in total. The second-order valence-electron chi connectivity index (χ2n) is 2.97. The molecule has 5 heteroatoms. The Bertz CT molecular complexity index is 507. The summed E-state index contributed by atoms with van der Waals surface area (Å²) < 4.78 is 6.39. The second kappa shape index (κ2) is 3.90. The number of hydrogen-bond donors (Lipinski definition) is 0. The van der Waals surface area contributed by atoms with E-state index in [2.05, 4.69) is 5.10 Å². The summed E-state index contributed by atoms with van der Waals surface area (Å²) in [7, 11) is 0. The summed E-state index contributed by atoms with van der Waals surface area (Å²) in [6.45, 7) is 2.10. The number of aromatic nitrogens is 2. The van der Waals surface area contributed by atoms with Gasteiger partial charge in [0.2, 0.25) is 0 Å². The molecule has 0 aromatic carbocycles. The molecule has 0 aliphatic carbocycles. The number of halogens is 1. The lowest BCUT2D eigenvalue weighted by atomic mass is 10.3. The van der Waals surface area contributed by atoms with Crippen molar-refractivity contribution < 1.29 is 9.53 Å². The highest BCUT2D eigenvalue weighted by Gasteiger charge is 2.11. The van der Waals surface area contributed by atoms with Gasteiger partial charge in [-0.3, -0.25) is 0 Å². The maximum atomic E-state index is 11.4. The van der Waals surface area contributed by atoms with Crippen LogP contribution in [0.15, 0.2) is 24.4 Å². The van der Waals surface area contributed by atoms with Gasteiger partial charge in [-0.1, -0.05) is 11.6 Å². The summed E-state index contributed by atoms with van der Waals surface area (Å²) in [6, 6.07) is 5.19. The van der Waals surface area contributed by atoms with E-state index in [1.807, 2.05) is 0 Å². The van der Waals surface area contributed by atoms with Crippen molar-refractivity contribution in [3.8, 4) is 0 Å². The number of carbonyl (C=O) groups is 1. The van der Waals surface area contributed by atoms with Crippen LogP contribution in [0.3, 0.4) is 0 Å². The smallest absolute Gasteiger partial charge is 0.358 e. The van der Waals surface area contributed by atoms with Gasteiger partial charge in [0.25, 0.3) is 0 Å². The number of hydrogen-bond acceptors (Lipinski definition) is 3. The van der Waals surface area contributed by atoms with Gasteiger partial charge in [0, 0.05) is 6.20 Å².